The van der Waals surface area contributed by atoms with Gasteiger partial charge in [0.15, 0.2) is 0 Å². The first kappa shape index (κ1) is 5.75. The Bertz CT molecular complexity index is 687. The first-order valence-corrected chi connectivity index (χ1v) is 5.45. The Morgan fingerprint density at radius 2 is 2.22 bits per heavy atom. The molecular weight excluding hydrogens is 235 g/mol. The van der Waals surface area contributed by atoms with Crippen molar-refractivity contribution >= 4 is 11.4 Å². The first-order valence-electron chi connectivity index (χ1n) is 9.45. The highest BCUT2D eigenvalue weighted by Crippen LogP contribution is 2.24. The summed E-state index contributed by atoms with van der Waals surface area (Å²) in [6, 6.07) is 3.44. The van der Waals surface area contributed by atoms with Crippen molar-refractivity contribution in [2.75, 3.05) is 49.5 Å². The van der Waals surface area contributed by atoms with Crippen molar-refractivity contribution in [1.82, 2.24) is 0 Å². The summed E-state index contributed by atoms with van der Waals surface area (Å²) in [7, 11) is 0. The molecule has 2 saturated heterocycles. The molecule has 4 nitrogen and oxygen atoms in total. The number of epoxide rings is 1. The molecule has 1 atom stereocenters. The Hall–Kier alpha value is -1.33. The Morgan fingerprint density at radius 3 is 2.89 bits per heavy atom. The highest BCUT2D eigenvalue weighted by atomic mass is 19.1. The maximum Gasteiger partial charge on any atom is 0.148 e. The van der Waals surface area contributed by atoms with Crippen LogP contribution >= 0.6 is 0 Å². The zero-order chi connectivity index (χ0) is 19.5. The van der Waals surface area contributed by atoms with Crippen LogP contribution in [0.15, 0.2) is 18.2 Å². The van der Waals surface area contributed by atoms with Crippen LogP contribution in [0.1, 0.15) is 11.0 Å². The molecule has 0 saturated carbocycles. The summed E-state index contributed by atoms with van der Waals surface area (Å²) in [6.45, 7) is -11.8. The number of nitrogens with one attached hydrogen (secondary N) is 1. The Kier molecular flexibility index (Phi) is 1.64. The second-order valence-corrected chi connectivity index (χ2v) is 3.87. The number of halogens is 1. The highest BCUT2D eigenvalue weighted by molar-refractivity contribution is 5.56. The van der Waals surface area contributed by atoms with Gasteiger partial charge in [0.1, 0.15) is 5.82 Å². The molecule has 0 spiro atoms. The third-order valence-corrected chi connectivity index (χ3v) is 2.54. The van der Waals surface area contributed by atoms with Gasteiger partial charge < -0.3 is 19.7 Å². The van der Waals surface area contributed by atoms with Crippen molar-refractivity contribution < 1.29 is 24.8 Å². The van der Waals surface area contributed by atoms with Crippen LogP contribution in [-0.2, 0) is 9.47 Å². The van der Waals surface area contributed by atoms with Gasteiger partial charge in [-0.25, -0.2) is 4.39 Å². The largest absolute Gasteiger partial charge is 0.382 e. The van der Waals surface area contributed by atoms with Crippen LogP contribution in [0.3, 0.4) is 0 Å². The summed E-state index contributed by atoms with van der Waals surface area (Å²) in [5, 5.41) is 2.91. The minimum Gasteiger partial charge on any atom is -0.382 e. The Morgan fingerprint density at radius 1 is 1.44 bits per heavy atom. The fraction of sp³-hybridized carbons (Fsp3) is 0.538. The van der Waals surface area contributed by atoms with Crippen molar-refractivity contribution in [3.05, 3.63) is 24.0 Å². The second kappa shape index (κ2) is 5.12. The summed E-state index contributed by atoms with van der Waals surface area (Å²) in [5.41, 5.74) is -0.272. The Labute approximate surface area is 117 Å². The highest BCUT2D eigenvalue weighted by Gasteiger charge is 2.22. The lowest BCUT2D eigenvalue weighted by Gasteiger charge is -2.29. The van der Waals surface area contributed by atoms with Gasteiger partial charge in [0.05, 0.1) is 42.5 Å². The molecule has 3 rings (SSSR count). The van der Waals surface area contributed by atoms with Gasteiger partial charge >= 0.3 is 0 Å². The van der Waals surface area contributed by atoms with Crippen molar-refractivity contribution in [2.24, 2.45) is 0 Å². The number of rotatable bonds is 4. The molecule has 1 aromatic carbocycles. The van der Waals surface area contributed by atoms with E-state index in [1.54, 1.807) is 0 Å². The number of benzene rings is 1. The molecule has 0 aliphatic carbocycles. The average Bonchev–Trinajstić information content (AvgIpc) is 3.28. The normalized spacial score (nSPS) is 40.7. The van der Waals surface area contributed by atoms with Crippen LogP contribution in [0.2, 0.25) is 0 Å². The topological polar surface area (TPSA) is 37.0 Å². The lowest BCUT2D eigenvalue weighted by Crippen LogP contribution is -2.36. The summed E-state index contributed by atoms with van der Waals surface area (Å²) >= 11 is 0. The van der Waals surface area contributed by atoms with E-state index in [4.69, 9.17) is 15.7 Å². The molecule has 1 N–H and O–H groups in total. The van der Waals surface area contributed by atoms with E-state index in [0.29, 0.717) is 18.8 Å². The monoisotopic (exact) mass is 260 g/mol. The summed E-state index contributed by atoms with van der Waals surface area (Å²) in [4.78, 5) is 0.118. The summed E-state index contributed by atoms with van der Waals surface area (Å²) in [6.07, 6.45) is 0.0414. The lowest BCUT2D eigenvalue weighted by atomic mass is 10.2. The smallest absolute Gasteiger partial charge is 0.148 e. The fourth-order valence-electron chi connectivity index (χ4n) is 1.53. The molecule has 2 aliphatic heterocycles. The average molecular weight is 260 g/mol. The van der Waals surface area contributed by atoms with Gasteiger partial charge in [-0.2, -0.15) is 0 Å². The molecule has 0 bridgehead atoms. The number of nitrogens with zero attached hydrogens (tertiary/aromatic N) is 1. The molecule has 2 heterocycles. The molecule has 18 heavy (non-hydrogen) atoms. The van der Waals surface area contributed by atoms with E-state index in [-0.39, 0.29) is 11.0 Å². The van der Waals surface area contributed by atoms with Gasteiger partial charge in [0.25, 0.3) is 0 Å². The molecule has 0 radical (unpaired) electrons. The van der Waals surface area contributed by atoms with Crippen molar-refractivity contribution in [1.29, 1.82) is 0 Å². The number of ether oxygens (including phenoxy) is 2. The predicted octanol–water partition coefficient (Wildman–Crippen LogP) is 1.47. The van der Waals surface area contributed by atoms with Gasteiger partial charge in [-0.1, -0.05) is 0 Å². The molecule has 0 amide bonds. The van der Waals surface area contributed by atoms with Gasteiger partial charge in [-0.05, 0) is 18.2 Å². The maximum atomic E-state index is 14.6. The van der Waals surface area contributed by atoms with Crippen LogP contribution in [-0.4, -0.2) is 45.4 Å². The van der Waals surface area contributed by atoms with Gasteiger partial charge in [0, 0.05) is 25.2 Å². The van der Waals surface area contributed by atoms with Crippen LogP contribution in [0.4, 0.5) is 15.8 Å². The van der Waals surface area contributed by atoms with Gasteiger partial charge in [-0.15, -0.1) is 0 Å². The van der Waals surface area contributed by atoms with E-state index in [9.17, 15) is 4.39 Å². The van der Waals surface area contributed by atoms with Crippen LogP contribution in [0.5, 0.6) is 0 Å². The third kappa shape index (κ3) is 2.73. The predicted molar refractivity (Wildman–Crippen MR) is 67.7 cm³/mol. The molecule has 98 valence electrons. The van der Waals surface area contributed by atoms with E-state index in [2.05, 4.69) is 10.1 Å². The Balaban J connectivity index is 2.00. The zero-order valence-corrected chi connectivity index (χ0v) is 9.37. The molecule has 5 heteroatoms. The third-order valence-electron chi connectivity index (χ3n) is 2.54. The molecule has 0 unspecified atom stereocenters. The standard InChI is InChI=1S/C13H17FN2O2/c14-12-7-10(15-8-11-9-18-11)1-2-13(12)16-3-5-17-6-4-16/h1-2,7,11,15H,3-6,8-9H2/t11-/m1/s1/i3D2,4D2,5D2,6D2. The van der Waals surface area contributed by atoms with E-state index >= 15 is 0 Å². The molecule has 0 aromatic heterocycles. The zero-order valence-electron chi connectivity index (χ0n) is 17.4. The fourth-order valence-corrected chi connectivity index (χ4v) is 1.53. The summed E-state index contributed by atoms with van der Waals surface area (Å²) in [5.74, 6) is -1.03. The van der Waals surface area contributed by atoms with E-state index in [1.165, 1.54) is 6.07 Å². The quantitative estimate of drug-likeness (QED) is 0.832. The van der Waals surface area contributed by atoms with Crippen LogP contribution < -0.4 is 10.2 Å². The van der Waals surface area contributed by atoms with Gasteiger partial charge in [-0.3, -0.25) is 0 Å². The lowest BCUT2D eigenvalue weighted by molar-refractivity contribution is 0.122. The summed E-state index contributed by atoms with van der Waals surface area (Å²) < 4.78 is 86.4. The van der Waals surface area contributed by atoms with E-state index in [0.717, 1.165) is 12.1 Å². The number of anilines is 2. The first-order chi connectivity index (χ1) is 11.8. The van der Waals surface area contributed by atoms with E-state index in [1.807, 2.05) is 0 Å². The van der Waals surface area contributed by atoms with E-state index < -0.39 is 37.6 Å². The number of hydrogen-bond donors (Lipinski definition) is 1. The minimum atomic E-state index is -3.23. The van der Waals surface area contributed by atoms with Gasteiger partial charge in [0.2, 0.25) is 0 Å². The van der Waals surface area contributed by atoms with Crippen LogP contribution in [0, 0.1) is 5.82 Å². The molecule has 2 aliphatic rings. The molecular formula is C13H17FN2O2. The second-order valence-electron chi connectivity index (χ2n) is 3.87. The van der Waals surface area contributed by atoms with Crippen molar-refractivity contribution in [2.45, 2.75) is 6.10 Å². The maximum absolute atomic E-state index is 14.6. The van der Waals surface area contributed by atoms with Crippen LogP contribution in [0.25, 0.3) is 0 Å². The SMILES string of the molecule is [2H]C1([2H])OC([2H])([2H])C([2H])([2H])N(c2ccc(NC[C@@H]3CO3)cc2F)C1([2H])[2H]. The van der Waals surface area contributed by atoms with Crippen molar-refractivity contribution in [3.8, 4) is 0 Å². The number of morpholine rings is 1. The number of hydrogen-bond acceptors (Lipinski definition) is 4. The van der Waals surface area contributed by atoms with Crippen molar-refractivity contribution in [3.63, 3.8) is 0 Å². The minimum absolute atomic E-state index is 0.0414. The molecule has 2 fully saturated rings. The molecule has 1 aromatic rings.